The minimum atomic E-state index is -2.11. The fourth-order valence-corrected chi connectivity index (χ4v) is 5.31. The van der Waals surface area contributed by atoms with Crippen LogP contribution in [-0.2, 0) is 14.3 Å². The number of rotatable bonds is 2. The highest BCUT2D eigenvalue weighted by molar-refractivity contribution is 6.37. The van der Waals surface area contributed by atoms with Crippen molar-refractivity contribution in [3.05, 3.63) is 101 Å². The van der Waals surface area contributed by atoms with Gasteiger partial charge in [0, 0.05) is 11.1 Å². The number of Topliss-reactive ketones (excluding diaryl/α,β-unsaturated/α-hetero) is 2. The van der Waals surface area contributed by atoms with Gasteiger partial charge in [0.15, 0.2) is 0 Å². The quantitative estimate of drug-likeness (QED) is 0.449. The average Bonchev–Trinajstić information content (AvgIpc) is 3.41. The zero-order chi connectivity index (χ0) is 22.9. The first-order chi connectivity index (χ1) is 15.9. The third kappa shape index (κ3) is 2.45. The predicted molar refractivity (Wildman–Crippen MR) is 114 cm³/mol. The minimum absolute atomic E-state index is 0.176. The van der Waals surface area contributed by atoms with Crippen LogP contribution in [-0.4, -0.2) is 29.0 Å². The molecule has 2 saturated heterocycles. The van der Waals surface area contributed by atoms with Gasteiger partial charge in [0.05, 0.1) is 23.6 Å². The molecule has 2 fully saturated rings. The number of ketones is 2. The lowest BCUT2D eigenvalue weighted by molar-refractivity contribution is -0.127. The normalized spacial score (nSPS) is 25.1. The van der Waals surface area contributed by atoms with Crippen LogP contribution in [0, 0.1) is 17.7 Å². The number of ether oxygens (including phenoxy) is 1. The zero-order valence-electron chi connectivity index (χ0n) is 17.1. The number of nitrogens with zero attached hydrogens (tertiary/aromatic N) is 1. The fraction of sp³-hybridized carbons (Fsp3) is 0.154. The summed E-state index contributed by atoms with van der Waals surface area (Å²) >= 11 is 0. The van der Waals surface area contributed by atoms with E-state index in [0.717, 1.165) is 17.0 Å². The van der Waals surface area contributed by atoms with Gasteiger partial charge in [-0.2, -0.15) is 0 Å². The Labute approximate surface area is 187 Å². The number of hydrogen-bond acceptors (Lipinski definition) is 5. The topological polar surface area (TPSA) is 80.8 Å². The Morgan fingerprint density at radius 2 is 1.30 bits per heavy atom. The summed E-state index contributed by atoms with van der Waals surface area (Å²) in [6, 6.07) is 20.0. The standard InChI is InChI=1S/C26H16FNO5/c27-15-10-12-16(13-11-15)28-24(31)19-20(25(28)32)26(33-21(19)14-6-2-1-3-7-14)22(29)17-8-4-5-9-18(17)23(26)30/h1-13,19-21H/t19-,20-,21+/m0/s1. The Bertz CT molecular complexity index is 1320. The average molecular weight is 441 g/mol. The van der Waals surface area contributed by atoms with Gasteiger partial charge in [-0.15, -0.1) is 0 Å². The maximum Gasteiger partial charge on any atom is 0.241 e. The first kappa shape index (κ1) is 19.7. The molecule has 6 nitrogen and oxygen atoms in total. The van der Waals surface area contributed by atoms with E-state index in [9.17, 15) is 23.6 Å². The van der Waals surface area contributed by atoms with Crippen LogP contribution in [0.25, 0.3) is 0 Å². The van der Waals surface area contributed by atoms with Crippen LogP contribution < -0.4 is 4.90 Å². The maximum atomic E-state index is 13.7. The first-order valence-corrected chi connectivity index (χ1v) is 10.5. The number of amides is 2. The molecule has 0 aromatic heterocycles. The summed E-state index contributed by atoms with van der Waals surface area (Å²) in [6.07, 6.45) is -0.972. The summed E-state index contributed by atoms with van der Waals surface area (Å²) in [5.41, 5.74) is -0.997. The van der Waals surface area contributed by atoms with Crippen molar-refractivity contribution in [1.82, 2.24) is 0 Å². The summed E-state index contributed by atoms with van der Waals surface area (Å²) < 4.78 is 19.7. The lowest BCUT2D eigenvalue weighted by atomic mass is 9.77. The van der Waals surface area contributed by atoms with Crippen molar-refractivity contribution in [2.45, 2.75) is 11.7 Å². The molecule has 2 heterocycles. The van der Waals surface area contributed by atoms with Crippen molar-refractivity contribution in [2.24, 2.45) is 11.8 Å². The van der Waals surface area contributed by atoms with Crippen molar-refractivity contribution in [3.63, 3.8) is 0 Å². The van der Waals surface area contributed by atoms with Gasteiger partial charge in [0.1, 0.15) is 5.82 Å². The van der Waals surface area contributed by atoms with Crippen LogP contribution in [0.3, 0.4) is 0 Å². The van der Waals surface area contributed by atoms with E-state index >= 15 is 0 Å². The third-order valence-corrected chi connectivity index (χ3v) is 6.73. The number of hydrogen-bond donors (Lipinski definition) is 0. The molecule has 1 aliphatic carbocycles. The van der Waals surface area contributed by atoms with Crippen molar-refractivity contribution in [3.8, 4) is 0 Å². The van der Waals surface area contributed by atoms with E-state index < -0.39 is 52.7 Å². The van der Waals surface area contributed by atoms with Gasteiger partial charge >= 0.3 is 0 Å². The summed E-state index contributed by atoms with van der Waals surface area (Å²) in [6.45, 7) is 0. The SMILES string of the molecule is O=C1[C@@H]2[C@@H](c3ccccc3)OC3(C(=O)c4ccccc4C3=O)[C@@H]2C(=O)N1c1ccc(F)cc1. The lowest BCUT2D eigenvalue weighted by Gasteiger charge is -2.27. The van der Waals surface area contributed by atoms with E-state index in [1.165, 1.54) is 24.3 Å². The number of carbonyl (C=O) groups excluding carboxylic acids is 4. The Kier molecular flexibility index (Phi) is 4.04. The molecule has 162 valence electrons. The summed E-state index contributed by atoms with van der Waals surface area (Å²) in [5.74, 6) is -5.43. The van der Waals surface area contributed by atoms with Crippen LogP contribution in [0.2, 0.25) is 0 Å². The highest BCUT2D eigenvalue weighted by atomic mass is 19.1. The van der Waals surface area contributed by atoms with Crippen LogP contribution in [0.5, 0.6) is 0 Å². The van der Waals surface area contributed by atoms with Gasteiger partial charge in [-0.1, -0.05) is 54.6 Å². The molecule has 3 aromatic rings. The van der Waals surface area contributed by atoms with Gasteiger partial charge in [0.2, 0.25) is 29.0 Å². The first-order valence-electron chi connectivity index (χ1n) is 10.5. The van der Waals surface area contributed by atoms with E-state index in [1.807, 2.05) is 0 Å². The number of benzene rings is 3. The highest BCUT2D eigenvalue weighted by Crippen LogP contribution is 2.57. The molecule has 3 aliphatic rings. The van der Waals surface area contributed by atoms with Gasteiger partial charge in [-0.25, -0.2) is 9.29 Å². The summed E-state index contributed by atoms with van der Waals surface area (Å²) in [7, 11) is 0. The van der Waals surface area contributed by atoms with Gasteiger partial charge in [0.25, 0.3) is 0 Å². The Balaban J connectivity index is 1.55. The van der Waals surface area contributed by atoms with Crippen LogP contribution in [0.15, 0.2) is 78.9 Å². The summed E-state index contributed by atoms with van der Waals surface area (Å²) in [5, 5.41) is 0. The maximum absolute atomic E-state index is 13.7. The van der Waals surface area contributed by atoms with Crippen molar-refractivity contribution < 1.29 is 28.3 Å². The van der Waals surface area contributed by atoms with E-state index in [-0.39, 0.29) is 16.8 Å². The largest absolute Gasteiger partial charge is 0.349 e. The zero-order valence-corrected chi connectivity index (χ0v) is 17.1. The van der Waals surface area contributed by atoms with Crippen molar-refractivity contribution in [1.29, 1.82) is 0 Å². The molecule has 7 heteroatoms. The van der Waals surface area contributed by atoms with Gasteiger partial charge in [-0.3, -0.25) is 19.2 Å². The molecule has 0 unspecified atom stereocenters. The molecule has 3 atom stereocenters. The van der Waals surface area contributed by atoms with E-state index in [1.54, 1.807) is 42.5 Å². The predicted octanol–water partition coefficient (Wildman–Crippen LogP) is 3.52. The third-order valence-electron chi connectivity index (χ3n) is 6.73. The molecule has 2 aliphatic heterocycles. The molecule has 33 heavy (non-hydrogen) atoms. The fourth-order valence-electron chi connectivity index (χ4n) is 5.31. The molecular weight excluding hydrogens is 425 g/mol. The lowest BCUT2D eigenvalue weighted by Crippen LogP contribution is -2.51. The number of fused-ring (bicyclic) bond motifs is 3. The number of anilines is 1. The van der Waals surface area contributed by atoms with Gasteiger partial charge in [-0.05, 0) is 29.8 Å². The Hall–Kier alpha value is -3.97. The number of carbonyl (C=O) groups is 4. The van der Waals surface area contributed by atoms with E-state index in [4.69, 9.17) is 4.74 Å². The van der Waals surface area contributed by atoms with Crippen molar-refractivity contribution in [2.75, 3.05) is 4.90 Å². The molecule has 1 spiro atoms. The van der Waals surface area contributed by atoms with Crippen LogP contribution in [0.1, 0.15) is 32.4 Å². The molecule has 3 aromatic carbocycles. The number of halogens is 1. The van der Waals surface area contributed by atoms with Gasteiger partial charge < -0.3 is 4.74 Å². The second kappa shape index (κ2) is 6.76. The van der Waals surface area contributed by atoms with Crippen LogP contribution in [0.4, 0.5) is 10.1 Å². The Morgan fingerprint density at radius 3 is 1.91 bits per heavy atom. The molecule has 6 rings (SSSR count). The monoisotopic (exact) mass is 441 g/mol. The molecule has 0 bridgehead atoms. The molecular formula is C26H16FNO5. The second-order valence-corrected chi connectivity index (χ2v) is 8.38. The van der Waals surface area contributed by atoms with Crippen molar-refractivity contribution >= 4 is 29.1 Å². The van der Waals surface area contributed by atoms with E-state index in [0.29, 0.717) is 5.56 Å². The van der Waals surface area contributed by atoms with Crippen LogP contribution >= 0.6 is 0 Å². The highest BCUT2D eigenvalue weighted by Gasteiger charge is 2.74. The summed E-state index contributed by atoms with van der Waals surface area (Å²) in [4.78, 5) is 55.5. The molecule has 2 amide bonds. The smallest absolute Gasteiger partial charge is 0.241 e. The molecule has 0 N–H and O–H groups in total. The minimum Gasteiger partial charge on any atom is -0.349 e. The molecule has 0 saturated carbocycles. The second-order valence-electron chi connectivity index (χ2n) is 8.38. The number of imide groups is 1. The van der Waals surface area contributed by atoms with E-state index in [2.05, 4.69) is 0 Å². The molecule has 0 radical (unpaired) electrons. The Morgan fingerprint density at radius 1 is 0.727 bits per heavy atom.